The monoisotopic (exact) mass is 264 g/mol. The Labute approximate surface area is 90.4 Å². The Hall–Kier alpha value is -0.280. The Morgan fingerprint density at radius 3 is 2.77 bits per heavy atom. The van der Waals surface area contributed by atoms with E-state index in [0.717, 1.165) is 0 Å². The average molecular weight is 266 g/mol. The summed E-state index contributed by atoms with van der Waals surface area (Å²) < 4.78 is 0. The highest BCUT2D eigenvalue weighted by Gasteiger charge is 2.42. The van der Waals surface area contributed by atoms with Crippen molar-refractivity contribution in [3.63, 3.8) is 0 Å². The smallest absolute Gasteiger partial charge is 0.315 e. The average Bonchev–Trinajstić information content (AvgIpc) is 2.09. The van der Waals surface area contributed by atoms with Gasteiger partial charge in [-0.15, -0.1) is 11.6 Å². The summed E-state index contributed by atoms with van der Waals surface area (Å²) in [6.45, 7) is 0. The Kier molecular flexibility index (Phi) is 3.56. The van der Waals surface area contributed by atoms with E-state index in [1.54, 1.807) is 24.3 Å². The zero-order valence-corrected chi connectivity index (χ0v) is 9.25. The number of carboxylic acids is 1. The molecule has 13 heavy (non-hydrogen) atoms. The minimum Gasteiger partial charge on any atom is -0.481 e. The summed E-state index contributed by atoms with van der Waals surface area (Å²) in [6.07, 6.45) is 7.37. The second-order valence-electron chi connectivity index (χ2n) is 2.93. The third-order valence-electron chi connectivity index (χ3n) is 2.18. The van der Waals surface area contributed by atoms with Crippen molar-refractivity contribution in [2.24, 2.45) is 5.41 Å². The summed E-state index contributed by atoms with van der Waals surface area (Å²) in [5, 5.41) is 9.26. The lowest BCUT2D eigenvalue weighted by Crippen LogP contribution is -2.38. The maximum Gasteiger partial charge on any atom is 0.315 e. The lowest BCUT2D eigenvalue weighted by molar-refractivity contribution is -0.145. The molecule has 1 N–H and O–H groups in total. The summed E-state index contributed by atoms with van der Waals surface area (Å²) in [5.74, 6) is -0.868. The SMILES string of the molecule is O=C(O)C1(CCBr)C=CC=CC1Cl. The number of hydrogen-bond acceptors (Lipinski definition) is 1. The minimum atomic E-state index is -0.945. The predicted octanol–water partition coefficient (Wildman–Crippen LogP) is 2.58. The lowest BCUT2D eigenvalue weighted by Gasteiger charge is -2.30. The highest BCUT2D eigenvalue weighted by molar-refractivity contribution is 9.09. The van der Waals surface area contributed by atoms with E-state index >= 15 is 0 Å². The molecule has 0 fully saturated rings. The first-order valence-corrected chi connectivity index (χ1v) is 5.49. The molecule has 0 aromatic heterocycles. The van der Waals surface area contributed by atoms with Gasteiger partial charge in [0.2, 0.25) is 0 Å². The number of aliphatic carboxylic acids is 1. The normalized spacial score (nSPS) is 32.0. The van der Waals surface area contributed by atoms with E-state index in [1.807, 2.05) is 0 Å². The van der Waals surface area contributed by atoms with E-state index in [1.165, 1.54) is 0 Å². The fourth-order valence-electron chi connectivity index (χ4n) is 1.33. The molecule has 0 radical (unpaired) electrons. The quantitative estimate of drug-likeness (QED) is 0.797. The number of rotatable bonds is 3. The molecule has 0 saturated heterocycles. The Morgan fingerprint density at radius 2 is 2.31 bits per heavy atom. The second-order valence-corrected chi connectivity index (χ2v) is 4.19. The van der Waals surface area contributed by atoms with Crippen LogP contribution in [0.2, 0.25) is 0 Å². The molecule has 0 bridgehead atoms. The van der Waals surface area contributed by atoms with Gasteiger partial charge in [0.05, 0.1) is 5.38 Å². The topological polar surface area (TPSA) is 37.3 Å². The highest BCUT2D eigenvalue weighted by atomic mass is 79.9. The van der Waals surface area contributed by atoms with Crippen LogP contribution >= 0.6 is 27.5 Å². The van der Waals surface area contributed by atoms with E-state index in [4.69, 9.17) is 16.7 Å². The van der Waals surface area contributed by atoms with Gasteiger partial charge in [-0.2, -0.15) is 0 Å². The molecule has 2 unspecified atom stereocenters. The first-order valence-electron chi connectivity index (χ1n) is 3.93. The minimum absolute atomic E-state index is 0.465. The van der Waals surface area contributed by atoms with Gasteiger partial charge in [0.25, 0.3) is 0 Å². The van der Waals surface area contributed by atoms with Gasteiger partial charge in [0, 0.05) is 5.33 Å². The predicted molar refractivity (Wildman–Crippen MR) is 56.4 cm³/mol. The van der Waals surface area contributed by atoms with Crippen molar-refractivity contribution >= 4 is 33.5 Å². The van der Waals surface area contributed by atoms with Crippen molar-refractivity contribution in [2.45, 2.75) is 11.8 Å². The molecule has 1 rings (SSSR count). The standard InChI is InChI=1S/C9H10BrClO2/c10-6-5-9(8(12)13)4-2-1-3-7(9)11/h1-4,7H,5-6H2,(H,12,13). The third kappa shape index (κ3) is 1.97. The maximum atomic E-state index is 11.1. The summed E-state index contributed by atoms with van der Waals surface area (Å²) in [5.41, 5.74) is -0.945. The van der Waals surface area contributed by atoms with Crippen LogP contribution in [0, 0.1) is 5.41 Å². The first kappa shape index (κ1) is 10.8. The van der Waals surface area contributed by atoms with E-state index in [-0.39, 0.29) is 0 Å². The molecule has 1 aliphatic rings. The van der Waals surface area contributed by atoms with E-state index < -0.39 is 16.8 Å². The molecule has 2 atom stereocenters. The fourth-order valence-corrected chi connectivity index (χ4v) is 2.34. The molecule has 0 aromatic rings. The van der Waals surface area contributed by atoms with Gasteiger partial charge in [0.15, 0.2) is 0 Å². The number of hydrogen-bond donors (Lipinski definition) is 1. The zero-order valence-electron chi connectivity index (χ0n) is 6.91. The lowest BCUT2D eigenvalue weighted by atomic mass is 9.79. The number of halogens is 2. The van der Waals surface area contributed by atoms with E-state index in [0.29, 0.717) is 11.8 Å². The largest absolute Gasteiger partial charge is 0.481 e. The van der Waals surface area contributed by atoms with Crippen molar-refractivity contribution in [2.75, 3.05) is 5.33 Å². The Balaban J connectivity index is 2.96. The number of allylic oxidation sites excluding steroid dienone is 3. The van der Waals surface area contributed by atoms with Crippen LogP contribution in [0.4, 0.5) is 0 Å². The highest BCUT2D eigenvalue weighted by Crippen LogP contribution is 2.36. The molecule has 0 heterocycles. The summed E-state index contributed by atoms with van der Waals surface area (Å²) in [7, 11) is 0. The van der Waals surface area contributed by atoms with Gasteiger partial charge in [-0.05, 0) is 6.42 Å². The number of carboxylic acid groups (broad SMARTS) is 1. The van der Waals surface area contributed by atoms with Gasteiger partial charge in [0.1, 0.15) is 5.41 Å². The van der Waals surface area contributed by atoms with Crippen molar-refractivity contribution in [1.82, 2.24) is 0 Å². The van der Waals surface area contributed by atoms with Gasteiger partial charge in [-0.1, -0.05) is 40.2 Å². The molecule has 2 nitrogen and oxygen atoms in total. The van der Waals surface area contributed by atoms with Gasteiger partial charge < -0.3 is 5.11 Å². The summed E-state index contributed by atoms with van der Waals surface area (Å²) in [4.78, 5) is 11.1. The molecule has 0 aromatic carbocycles. The first-order chi connectivity index (χ1) is 6.13. The van der Waals surface area contributed by atoms with E-state index in [2.05, 4.69) is 15.9 Å². The summed E-state index contributed by atoms with van der Waals surface area (Å²) >= 11 is 9.21. The van der Waals surface area contributed by atoms with Crippen molar-refractivity contribution in [3.8, 4) is 0 Å². The molecular formula is C9H10BrClO2. The van der Waals surface area contributed by atoms with Crippen LogP contribution < -0.4 is 0 Å². The second kappa shape index (κ2) is 4.29. The molecule has 4 heteroatoms. The van der Waals surface area contributed by atoms with Crippen LogP contribution in [0.3, 0.4) is 0 Å². The molecular weight excluding hydrogens is 255 g/mol. The van der Waals surface area contributed by atoms with Crippen LogP contribution in [0.5, 0.6) is 0 Å². The van der Waals surface area contributed by atoms with Crippen LogP contribution in [0.25, 0.3) is 0 Å². The number of carbonyl (C=O) groups is 1. The Morgan fingerprint density at radius 1 is 1.62 bits per heavy atom. The number of alkyl halides is 2. The third-order valence-corrected chi connectivity index (χ3v) is 3.11. The zero-order chi connectivity index (χ0) is 9.90. The van der Waals surface area contributed by atoms with Crippen molar-refractivity contribution in [3.05, 3.63) is 24.3 Å². The van der Waals surface area contributed by atoms with E-state index in [9.17, 15) is 4.79 Å². The Bertz CT molecular complexity index is 262. The van der Waals surface area contributed by atoms with Crippen LogP contribution in [0.15, 0.2) is 24.3 Å². The maximum absolute atomic E-state index is 11.1. The van der Waals surface area contributed by atoms with Crippen LogP contribution in [-0.4, -0.2) is 21.8 Å². The van der Waals surface area contributed by atoms with Gasteiger partial charge in [-0.3, -0.25) is 4.79 Å². The summed E-state index contributed by atoms with van der Waals surface area (Å²) in [6, 6.07) is 0. The van der Waals surface area contributed by atoms with Crippen LogP contribution in [0.1, 0.15) is 6.42 Å². The van der Waals surface area contributed by atoms with Crippen molar-refractivity contribution < 1.29 is 9.90 Å². The molecule has 0 saturated carbocycles. The molecule has 0 spiro atoms. The van der Waals surface area contributed by atoms with Crippen molar-refractivity contribution in [1.29, 1.82) is 0 Å². The fraction of sp³-hybridized carbons (Fsp3) is 0.444. The van der Waals surface area contributed by atoms with Crippen LogP contribution in [-0.2, 0) is 4.79 Å². The molecule has 1 aliphatic carbocycles. The van der Waals surface area contributed by atoms with Gasteiger partial charge in [-0.25, -0.2) is 0 Å². The molecule has 72 valence electrons. The molecule has 0 aliphatic heterocycles. The molecule has 0 amide bonds. The van der Waals surface area contributed by atoms with Gasteiger partial charge >= 0.3 is 5.97 Å².